The molecule has 0 aliphatic rings. The number of amides is 2. The Bertz CT molecular complexity index is 569. The van der Waals surface area contributed by atoms with Crippen molar-refractivity contribution in [2.75, 3.05) is 5.32 Å². The van der Waals surface area contributed by atoms with Gasteiger partial charge >= 0.3 is 11.8 Å². The summed E-state index contributed by atoms with van der Waals surface area (Å²) in [5.41, 5.74) is 2.28. The van der Waals surface area contributed by atoms with Gasteiger partial charge in [-0.3, -0.25) is 9.59 Å². The van der Waals surface area contributed by atoms with Crippen LogP contribution in [-0.2, 0) is 9.59 Å². The van der Waals surface area contributed by atoms with Gasteiger partial charge in [-0.05, 0) is 56.7 Å². The molecule has 0 fully saturated rings. The average Bonchev–Trinajstić information content (AvgIpc) is 2.29. The fourth-order valence-corrected chi connectivity index (χ4v) is 2.78. The van der Waals surface area contributed by atoms with E-state index in [1.807, 2.05) is 45.9 Å². The van der Waals surface area contributed by atoms with Crippen molar-refractivity contribution in [3.63, 3.8) is 0 Å². The second kappa shape index (κ2) is 6.51. The molecule has 0 aliphatic heterocycles. The topological polar surface area (TPSA) is 58.2 Å². The van der Waals surface area contributed by atoms with Crippen molar-refractivity contribution in [2.24, 2.45) is 5.41 Å². The van der Waals surface area contributed by atoms with Gasteiger partial charge in [-0.1, -0.05) is 32.9 Å². The lowest BCUT2D eigenvalue weighted by Crippen LogP contribution is -2.49. The van der Waals surface area contributed by atoms with Crippen LogP contribution in [0.2, 0.25) is 0 Å². The quantitative estimate of drug-likeness (QED) is 0.839. The van der Waals surface area contributed by atoms with Crippen molar-refractivity contribution in [3.05, 3.63) is 29.3 Å². The van der Waals surface area contributed by atoms with E-state index in [2.05, 4.69) is 31.4 Å². The molecular weight excluding hydrogens is 276 g/mol. The van der Waals surface area contributed by atoms with Gasteiger partial charge in [-0.2, -0.15) is 0 Å². The number of benzene rings is 1. The molecule has 2 N–H and O–H groups in total. The molecule has 1 aromatic rings. The van der Waals surface area contributed by atoms with Crippen molar-refractivity contribution in [3.8, 4) is 0 Å². The van der Waals surface area contributed by atoms with E-state index in [0.717, 1.165) is 17.5 Å². The van der Waals surface area contributed by atoms with E-state index >= 15 is 0 Å². The summed E-state index contributed by atoms with van der Waals surface area (Å²) in [5, 5.41) is 5.50. The summed E-state index contributed by atoms with van der Waals surface area (Å²) in [6, 6.07) is 5.75. The molecule has 22 heavy (non-hydrogen) atoms. The van der Waals surface area contributed by atoms with Gasteiger partial charge in [0.05, 0.1) is 0 Å². The molecule has 122 valence electrons. The summed E-state index contributed by atoms with van der Waals surface area (Å²) >= 11 is 0. The standard InChI is InChI=1S/C18H28N2O2/c1-12-8-9-13(2)14(10-12)19-15(21)16(22)20-18(6,7)11-17(3,4)5/h8-10H,11H2,1-7H3,(H,19,21)(H,20,22). The maximum Gasteiger partial charge on any atom is 0.313 e. The third kappa shape index (κ3) is 5.88. The summed E-state index contributed by atoms with van der Waals surface area (Å²) < 4.78 is 0. The number of carbonyl (C=O) groups is 2. The third-order valence-electron chi connectivity index (χ3n) is 3.27. The van der Waals surface area contributed by atoms with Crippen LogP contribution in [0, 0.1) is 19.3 Å². The molecule has 0 spiro atoms. The first kappa shape index (κ1) is 18.2. The minimum Gasteiger partial charge on any atom is -0.343 e. The maximum absolute atomic E-state index is 12.1. The molecule has 0 saturated heterocycles. The average molecular weight is 304 g/mol. The lowest BCUT2D eigenvalue weighted by molar-refractivity contribution is -0.137. The minimum absolute atomic E-state index is 0.0698. The van der Waals surface area contributed by atoms with Gasteiger partial charge in [-0.25, -0.2) is 0 Å². The van der Waals surface area contributed by atoms with E-state index < -0.39 is 17.4 Å². The summed E-state index contributed by atoms with van der Waals surface area (Å²) in [6.45, 7) is 14.0. The number of anilines is 1. The van der Waals surface area contributed by atoms with E-state index in [9.17, 15) is 9.59 Å². The summed E-state index contributed by atoms with van der Waals surface area (Å²) in [7, 11) is 0. The first-order chi connectivity index (χ1) is 9.89. The molecular formula is C18H28N2O2. The molecule has 0 radical (unpaired) electrons. The van der Waals surface area contributed by atoms with Gasteiger partial charge in [0.1, 0.15) is 0 Å². The lowest BCUT2D eigenvalue weighted by Gasteiger charge is -2.33. The van der Waals surface area contributed by atoms with Crippen LogP contribution in [0.4, 0.5) is 5.69 Å². The zero-order valence-electron chi connectivity index (χ0n) is 14.8. The van der Waals surface area contributed by atoms with Gasteiger partial charge in [0, 0.05) is 11.2 Å². The number of rotatable bonds is 3. The number of aryl methyl sites for hydroxylation is 2. The van der Waals surface area contributed by atoms with E-state index in [0.29, 0.717) is 5.69 Å². The molecule has 1 aromatic carbocycles. The second-order valence-corrected chi connectivity index (χ2v) is 7.85. The maximum atomic E-state index is 12.1. The van der Waals surface area contributed by atoms with E-state index in [-0.39, 0.29) is 5.41 Å². The van der Waals surface area contributed by atoms with Crippen molar-refractivity contribution in [1.82, 2.24) is 5.32 Å². The van der Waals surface area contributed by atoms with Crippen LogP contribution in [0.1, 0.15) is 52.2 Å². The van der Waals surface area contributed by atoms with Crippen LogP contribution in [0.25, 0.3) is 0 Å². The SMILES string of the molecule is Cc1ccc(C)c(NC(=O)C(=O)NC(C)(C)CC(C)(C)C)c1. The lowest BCUT2D eigenvalue weighted by atomic mass is 9.82. The molecule has 0 aromatic heterocycles. The highest BCUT2D eigenvalue weighted by Crippen LogP contribution is 2.26. The predicted octanol–water partition coefficient (Wildman–Crippen LogP) is 3.57. The third-order valence-corrected chi connectivity index (χ3v) is 3.27. The summed E-state index contributed by atoms with van der Waals surface area (Å²) in [6.07, 6.45) is 0.780. The highest BCUT2D eigenvalue weighted by Gasteiger charge is 2.29. The van der Waals surface area contributed by atoms with Gasteiger partial charge in [-0.15, -0.1) is 0 Å². The number of carbonyl (C=O) groups excluding carboxylic acids is 2. The van der Waals surface area contributed by atoms with Crippen LogP contribution in [0.3, 0.4) is 0 Å². The van der Waals surface area contributed by atoms with Gasteiger partial charge in [0.25, 0.3) is 0 Å². The monoisotopic (exact) mass is 304 g/mol. The Kier molecular flexibility index (Phi) is 5.39. The Hall–Kier alpha value is -1.84. The number of nitrogens with one attached hydrogen (secondary N) is 2. The minimum atomic E-state index is -0.629. The smallest absolute Gasteiger partial charge is 0.313 e. The van der Waals surface area contributed by atoms with Crippen LogP contribution in [0.15, 0.2) is 18.2 Å². The van der Waals surface area contributed by atoms with E-state index in [1.165, 1.54) is 0 Å². The van der Waals surface area contributed by atoms with Gasteiger partial charge in [0.2, 0.25) is 0 Å². The van der Waals surface area contributed by atoms with E-state index in [1.54, 1.807) is 0 Å². The van der Waals surface area contributed by atoms with Gasteiger partial charge in [0.15, 0.2) is 0 Å². The Labute approximate surface area is 133 Å². The Balaban J connectivity index is 2.73. The van der Waals surface area contributed by atoms with Crippen LogP contribution < -0.4 is 10.6 Å². The summed E-state index contributed by atoms with van der Waals surface area (Å²) in [4.78, 5) is 24.2. The Morgan fingerprint density at radius 1 is 1.00 bits per heavy atom. The molecule has 4 heteroatoms. The van der Waals surface area contributed by atoms with Crippen molar-refractivity contribution in [1.29, 1.82) is 0 Å². The first-order valence-electron chi connectivity index (χ1n) is 7.60. The van der Waals surface area contributed by atoms with Gasteiger partial charge < -0.3 is 10.6 Å². The molecule has 4 nitrogen and oxygen atoms in total. The molecule has 0 atom stereocenters. The highest BCUT2D eigenvalue weighted by molar-refractivity contribution is 6.39. The fraction of sp³-hybridized carbons (Fsp3) is 0.556. The number of hydrogen-bond donors (Lipinski definition) is 2. The van der Waals surface area contributed by atoms with Crippen LogP contribution in [-0.4, -0.2) is 17.4 Å². The van der Waals surface area contributed by atoms with Crippen molar-refractivity contribution in [2.45, 2.75) is 60.4 Å². The first-order valence-corrected chi connectivity index (χ1v) is 7.60. The van der Waals surface area contributed by atoms with Crippen LogP contribution in [0.5, 0.6) is 0 Å². The molecule has 0 heterocycles. The summed E-state index contributed by atoms with van der Waals surface area (Å²) in [5.74, 6) is -1.23. The second-order valence-electron chi connectivity index (χ2n) is 7.85. The fourth-order valence-electron chi connectivity index (χ4n) is 2.78. The predicted molar refractivity (Wildman–Crippen MR) is 90.8 cm³/mol. The molecule has 2 amide bonds. The molecule has 0 saturated carbocycles. The van der Waals surface area contributed by atoms with Crippen molar-refractivity contribution >= 4 is 17.5 Å². The molecule has 1 rings (SSSR count). The Morgan fingerprint density at radius 3 is 2.14 bits per heavy atom. The Morgan fingerprint density at radius 2 is 1.59 bits per heavy atom. The van der Waals surface area contributed by atoms with Crippen LogP contribution >= 0.6 is 0 Å². The number of hydrogen-bond acceptors (Lipinski definition) is 2. The normalized spacial score (nSPS) is 12.0. The van der Waals surface area contributed by atoms with E-state index in [4.69, 9.17) is 0 Å². The molecule has 0 unspecified atom stereocenters. The van der Waals surface area contributed by atoms with Crippen molar-refractivity contribution < 1.29 is 9.59 Å². The zero-order valence-corrected chi connectivity index (χ0v) is 14.8. The zero-order chi connectivity index (χ0) is 17.1. The molecule has 0 bridgehead atoms. The largest absolute Gasteiger partial charge is 0.343 e. The highest BCUT2D eigenvalue weighted by atomic mass is 16.2. The molecule has 0 aliphatic carbocycles.